The predicted molar refractivity (Wildman–Crippen MR) is 77.2 cm³/mol. The van der Waals surface area contributed by atoms with Crippen LogP contribution in [0.25, 0.3) is 0 Å². The monoisotopic (exact) mass is 299 g/mol. The quantitative estimate of drug-likeness (QED) is 0.801. The Hall–Kier alpha value is -1.34. The van der Waals surface area contributed by atoms with Crippen molar-refractivity contribution >= 4 is 12.0 Å². The van der Waals surface area contributed by atoms with Crippen LogP contribution in [-0.2, 0) is 9.53 Å². The van der Waals surface area contributed by atoms with Gasteiger partial charge in [-0.15, -0.1) is 0 Å². The zero-order valence-corrected chi connectivity index (χ0v) is 12.7. The fourth-order valence-corrected chi connectivity index (χ4v) is 2.92. The number of carbonyl (C=O) groups is 2. The van der Waals surface area contributed by atoms with Crippen molar-refractivity contribution in [2.24, 2.45) is 5.92 Å². The summed E-state index contributed by atoms with van der Waals surface area (Å²) in [5.74, 6) is -0.285. The maximum atomic E-state index is 12.4. The van der Waals surface area contributed by atoms with Crippen molar-refractivity contribution in [2.75, 3.05) is 59.5 Å². The molecule has 2 amide bonds. The number of amides is 2. The van der Waals surface area contributed by atoms with Gasteiger partial charge in [0.15, 0.2) is 0 Å². The molecule has 0 aliphatic carbocycles. The Morgan fingerprint density at radius 2 is 1.81 bits per heavy atom. The summed E-state index contributed by atoms with van der Waals surface area (Å²) in [5, 5.41) is 8.77. The van der Waals surface area contributed by atoms with Crippen molar-refractivity contribution in [1.82, 2.24) is 14.7 Å². The van der Waals surface area contributed by atoms with Crippen molar-refractivity contribution in [2.45, 2.75) is 12.8 Å². The van der Waals surface area contributed by atoms with Gasteiger partial charge in [0.05, 0.1) is 6.54 Å². The summed E-state index contributed by atoms with van der Waals surface area (Å²) >= 11 is 0. The first-order valence-electron chi connectivity index (χ1n) is 7.58. The van der Waals surface area contributed by atoms with E-state index in [2.05, 4.69) is 0 Å². The van der Waals surface area contributed by atoms with Gasteiger partial charge in [-0.1, -0.05) is 0 Å². The summed E-state index contributed by atoms with van der Waals surface area (Å²) < 4.78 is 5.33. The predicted octanol–water partition coefficient (Wildman–Crippen LogP) is 0.167. The van der Waals surface area contributed by atoms with E-state index in [0.717, 1.165) is 32.6 Å². The van der Waals surface area contributed by atoms with E-state index in [1.807, 2.05) is 16.8 Å². The molecule has 1 N–H and O–H groups in total. The third-order valence-electron chi connectivity index (χ3n) is 4.20. The molecule has 0 saturated carbocycles. The first-order valence-corrected chi connectivity index (χ1v) is 7.58. The SMILES string of the molecule is CN(CC1CCOCC1)C(=O)N1CCN(CC(=O)O)CC1. The van der Waals surface area contributed by atoms with E-state index in [9.17, 15) is 9.59 Å². The molecule has 0 aromatic carbocycles. The molecule has 2 aliphatic heterocycles. The summed E-state index contributed by atoms with van der Waals surface area (Å²) in [4.78, 5) is 28.5. The smallest absolute Gasteiger partial charge is 0.319 e. The fraction of sp³-hybridized carbons (Fsp3) is 0.857. The lowest BCUT2D eigenvalue weighted by Crippen LogP contribution is -2.53. The maximum Gasteiger partial charge on any atom is 0.319 e. The lowest BCUT2D eigenvalue weighted by atomic mass is 10.00. The Labute approximate surface area is 125 Å². The number of aliphatic carboxylic acids is 1. The van der Waals surface area contributed by atoms with E-state index in [-0.39, 0.29) is 12.6 Å². The minimum Gasteiger partial charge on any atom is -0.480 e. The summed E-state index contributed by atoms with van der Waals surface area (Å²) in [6.45, 7) is 4.87. The number of carbonyl (C=O) groups excluding carboxylic acids is 1. The third-order valence-corrected chi connectivity index (χ3v) is 4.20. The zero-order valence-electron chi connectivity index (χ0n) is 12.7. The van der Waals surface area contributed by atoms with Gasteiger partial charge in [0, 0.05) is 53.0 Å². The number of ether oxygens (including phenoxy) is 1. The standard InChI is InChI=1S/C14H25N3O4/c1-15(10-12-2-8-21-9-3-12)14(20)17-6-4-16(5-7-17)11-13(18)19/h12H,2-11H2,1H3,(H,18,19). The average molecular weight is 299 g/mol. The molecule has 7 heteroatoms. The van der Waals surface area contributed by atoms with Crippen molar-refractivity contribution < 1.29 is 19.4 Å². The highest BCUT2D eigenvalue weighted by atomic mass is 16.5. The Morgan fingerprint density at radius 3 is 2.38 bits per heavy atom. The zero-order chi connectivity index (χ0) is 15.2. The number of carboxylic acids is 1. The van der Waals surface area contributed by atoms with E-state index >= 15 is 0 Å². The highest BCUT2D eigenvalue weighted by molar-refractivity contribution is 5.74. The first-order chi connectivity index (χ1) is 10.1. The van der Waals surface area contributed by atoms with Crippen LogP contribution in [0.15, 0.2) is 0 Å². The molecule has 2 saturated heterocycles. The maximum absolute atomic E-state index is 12.4. The van der Waals surface area contributed by atoms with Crippen LogP contribution in [-0.4, -0.2) is 91.3 Å². The van der Waals surface area contributed by atoms with Gasteiger partial charge in [-0.05, 0) is 18.8 Å². The molecule has 120 valence electrons. The van der Waals surface area contributed by atoms with Crippen LogP contribution in [0, 0.1) is 5.92 Å². The first kappa shape index (κ1) is 16.0. The Kier molecular flexibility index (Phi) is 5.81. The van der Waals surface area contributed by atoms with E-state index in [1.54, 1.807) is 4.90 Å². The van der Waals surface area contributed by atoms with Crippen LogP contribution in [0.5, 0.6) is 0 Å². The molecular weight excluding hydrogens is 274 g/mol. The fourth-order valence-electron chi connectivity index (χ4n) is 2.92. The second-order valence-corrected chi connectivity index (χ2v) is 5.88. The lowest BCUT2D eigenvalue weighted by molar-refractivity contribution is -0.138. The van der Waals surface area contributed by atoms with Crippen LogP contribution in [0.2, 0.25) is 0 Å². The van der Waals surface area contributed by atoms with E-state index < -0.39 is 5.97 Å². The van der Waals surface area contributed by atoms with Gasteiger partial charge in [0.25, 0.3) is 0 Å². The Bertz CT molecular complexity index is 363. The van der Waals surface area contributed by atoms with Gasteiger partial charge < -0.3 is 19.6 Å². The number of nitrogens with zero attached hydrogens (tertiary/aromatic N) is 3. The number of piperazine rings is 1. The summed E-state index contributed by atoms with van der Waals surface area (Å²) in [6, 6.07) is 0.0523. The van der Waals surface area contributed by atoms with Gasteiger partial charge >= 0.3 is 12.0 Å². The Balaban J connectivity index is 1.74. The van der Waals surface area contributed by atoms with Gasteiger partial charge in [0.1, 0.15) is 0 Å². The van der Waals surface area contributed by atoms with E-state index in [1.165, 1.54) is 0 Å². The van der Waals surface area contributed by atoms with Crippen molar-refractivity contribution in [3.8, 4) is 0 Å². The molecule has 0 radical (unpaired) electrons. The molecule has 0 aromatic heterocycles. The molecule has 2 rings (SSSR count). The topological polar surface area (TPSA) is 73.3 Å². The number of carboxylic acid groups (broad SMARTS) is 1. The van der Waals surface area contributed by atoms with Crippen molar-refractivity contribution in [1.29, 1.82) is 0 Å². The molecule has 7 nitrogen and oxygen atoms in total. The van der Waals surface area contributed by atoms with Gasteiger partial charge in [-0.3, -0.25) is 9.69 Å². The average Bonchev–Trinajstić information content (AvgIpc) is 2.47. The molecule has 0 bridgehead atoms. The number of hydrogen-bond acceptors (Lipinski definition) is 4. The van der Waals surface area contributed by atoms with Gasteiger partial charge in [-0.2, -0.15) is 0 Å². The van der Waals surface area contributed by atoms with Gasteiger partial charge in [0.2, 0.25) is 0 Å². The van der Waals surface area contributed by atoms with Crippen molar-refractivity contribution in [3.63, 3.8) is 0 Å². The summed E-state index contributed by atoms with van der Waals surface area (Å²) in [7, 11) is 1.85. The molecule has 21 heavy (non-hydrogen) atoms. The molecule has 0 spiro atoms. The summed E-state index contributed by atoms with van der Waals surface area (Å²) in [6.07, 6.45) is 2.04. The van der Waals surface area contributed by atoms with E-state index in [0.29, 0.717) is 32.1 Å². The van der Waals surface area contributed by atoms with Crippen LogP contribution >= 0.6 is 0 Å². The Morgan fingerprint density at radius 1 is 1.19 bits per heavy atom. The number of urea groups is 1. The van der Waals surface area contributed by atoms with Crippen LogP contribution in [0.3, 0.4) is 0 Å². The summed E-state index contributed by atoms with van der Waals surface area (Å²) in [5.41, 5.74) is 0. The second-order valence-electron chi connectivity index (χ2n) is 5.88. The van der Waals surface area contributed by atoms with E-state index in [4.69, 9.17) is 9.84 Å². The normalized spacial score (nSPS) is 21.3. The largest absolute Gasteiger partial charge is 0.480 e. The number of rotatable bonds is 4. The van der Waals surface area contributed by atoms with Crippen LogP contribution < -0.4 is 0 Å². The second kappa shape index (κ2) is 7.61. The molecular formula is C14H25N3O4. The molecule has 2 heterocycles. The van der Waals surface area contributed by atoms with Gasteiger partial charge in [-0.25, -0.2) is 4.79 Å². The minimum absolute atomic E-state index is 0.0523. The molecule has 2 fully saturated rings. The molecule has 0 atom stereocenters. The molecule has 0 unspecified atom stereocenters. The highest BCUT2D eigenvalue weighted by Gasteiger charge is 2.26. The minimum atomic E-state index is -0.814. The lowest BCUT2D eigenvalue weighted by Gasteiger charge is -2.37. The number of hydrogen-bond donors (Lipinski definition) is 1. The third kappa shape index (κ3) is 4.86. The molecule has 0 aromatic rings. The molecule has 2 aliphatic rings. The van der Waals surface area contributed by atoms with Crippen LogP contribution in [0.4, 0.5) is 4.79 Å². The highest BCUT2D eigenvalue weighted by Crippen LogP contribution is 2.16. The van der Waals surface area contributed by atoms with Crippen LogP contribution in [0.1, 0.15) is 12.8 Å². The van der Waals surface area contributed by atoms with Crippen molar-refractivity contribution in [3.05, 3.63) is 0 Å².